The SMILES string of the molecule is COCCNCCNC(=O)Cc1cnn(-c2ccccc2)c1. The molecule has 6 heteroatoms. The number of ether oxygens (including phenoxy) is 1. The molecule has 1 aromatic heterocycles. The van der Waals surface area contributed by atoms with Crippen molar-refractivity contribution in [2.45, 2.75) is 6.42 Å². The third kappa shape index (κ3) is 5.31. The van der Waals surface area contributed by atoms with Crippen LogP contribution < -0.4 is 10.6 Å². The van der Waals surface area contributed by atoms with Crippen LogP contribution in [0.3, 0.4) is 0 Å². The Morgan fingerprint density at radius 3 is 2.82 bits per heavy atom. The summed E-state index contributed by atoms with van der Waals surface area (Å²) in [6.45, 7) is 2.80. The van der Waals surface area contributed by atoms with Crippen molar-refractivity contribution in [2.75, 3.05) is 33.4 Å². The molecule has 0 atom stereocenters. The molecule has 1 heterocycles. The van der Waals surface area contributed by atoms with E-state index < -0.39 is 0 Å². The highest BCUT2D eigenvalue weighted by Crippen LogP contribution is 2.07. The van der Waals surface area contributed by atoms with Crippen LogP contribution >= 0.6 is 0 Å². The van der Waals surface area contributed by atoms with Crippen molar-refractivity contribution in [3.8, 4) is 5.69 Å². The number of benzene rings is 1. The fourth-order valence-corrected chi connectivity index (χ4v) is 2.01. The molecule has 0 aliphatic heterocycles. The van der Waals surface area contributed by atoms with Crippen LogP contribution in [0.4, 0.5) is 0 Å². The van der Waals surface area contributed by atoms with Gasteiger partial charge in [0.05, 0.1) is 24.9 Å². The lowest BCUT2D eigenvalue weighted by Crippen LogP contribution is -2.33. The summed E-state index contributed by atoms with van der Waals surface area (Å²) in [4.78, 5) is 11.8. The third-order valence-corrected chi connectivity index (χ3v) is 3.13. The summed E-state index contributed by atoms with van der Waals surface area (Å²) in [5.74, 6) is 0.00107. The van der Waals surface area contributed by atoms with Crippen molar-refractivity contribution in [1.29, 1.82) is 0 Å². The molecule has 6 nitrogen and oxygen atoms in total. The average molecular weight is 302 g/mol. The molecule has 0 bridgehead atoms. The van der Waals surface area contributed by atoms with E-state index in [9.17, 15) is 4.79 Å². The van der Waals surface area contributed by atoms with Gasteiger partial charge in [-0.1, -0.05) is 18.2 Å². The zero-order valence-electron chi connectivity index (χ0n) is 12.8. The standard InChI is InChI=1S/C16H22N4O2/c1-22-10-9-17-7-8-18-16(21)11-14-12-19-20(13-14)15-5-3-2-4-6-15/h2-6,12-13,17H,7-11H2,1H3,(H,18,21). The number of hydrogen-bond acceptors (Lipinski definition) is 4. The van der Waals surface area contributed by atoms with Crippen molar-refractivity contribution in [1.82, 2.24) is 20.4 Å². The summed E-state index contributed by atoms with van der Waals surface area (Å²) in [5, 5.41) is 10.3. The number of para-hydroxylation sites is 1. The largest absolute Gasteiger partial charge is 0.383 e. The fourth-order valence-electron chi connectivity index (χ4n) is 2.01. The Balaban J connectivity index is 1.72. The lowest BCUT2D eigenvalue weighted by atomic mass is 10.2. The van der Waals surface area contributed by atoms with Crippen molar-refractivity contribution in [3.05, 3.63) is 48.3 Å². The molecule has 1 amide bonds. The van der Waals surface area contributed by atoms with E-state index in [0.717, 1.165) is 24.3 Å². The van der Waals surface area contributed by atoms with E-state index in [0.29, 0.717) is 19.6 Å². The highest BCUT2D eigenvalue weighted by atomic mass is 16.5. The number of hydrogen-bond donors (Lipinski definition) is 2. The number of aromatic nitrogens is 2. The minimum absolute atomic E-state index is 0.00107. The number of methoxy groups -OCH3 is 1. The predicted molar refractivity (Wildman–Crippen MR) is 85.0 cm³/mol. The first-order chi connectivity index (χ1) is 10.8. The number of amides is 1. The zero-order valence-corrected chi connectivity index (χ0v) is 12.8. The normalized spacial score (nSPS) is 10.6. The van der Waals surface area contributed by atoms with Gasteiger partial charge in [0.1, 0.15) is 0 Å². The van der Waals surface area contributed by atoms with Gasteiger partial charge in [0.15, 0.2) is 0 Å². The molecule has 0 saturated heterocycles. The summed E-state index contributed by atoms with van der Waals surface area (Å²) in [6.07, 6.45) is 3.94. The molecule has 2 rings (SSSR count). The summed E-state index contributed by atoms with van der Waals surface area (Å²) < 4.78 is 6.70. The molecule has 0 unspecified atom stereocenters. The first kappa shape index (κ1) is 16.2. The Hall–Kier alpha value is -2.18. The van der Waals surface area contributed by atoms with Crippen molar-refractivity contribution < 1.29 is 9.53 Å². The Labute approximate surface area is 130 Å². The van der Waals surface area contributed by atoms with E-state index >= 15 is 0 Å². The van der Waals surface area contributed by atoms with Crippen LogP contribution in [0.25, 0.3) is 5.69 Å². The molecular formula is C16H22N4O2. The molecule has 2 aromatic rings. The van der Waals surface area contributed by atoms with E-state index in [4.69, 9.17) is 4.74 Å². The summed E-state index contributed by atoms with van der Waals surface area (Å²) in [6, 6.07) is 9.83. The number of rotatable bonds is 9. The van der Waals surface area contributed by atoms with Gasteiger partial charge in [-0.3, -0.25) is 4.79 Å². The van der Waals surface area contributed by atoms with E-state index in [1.165, 1.54) is 0 Å². The Kier molecular flexibility index (Phi) is 6.60. The van der Waals surface area contributed by atoms with Crippen LogP contribution in [0, 0.1) is 0 Å². The molecule has 2 N–H and O–H groups in total. The molecule has 22 heavy (non-hydrogen) atoms. The molecule has 0 spiro atoms. The smallest absolute Gasteiger partial charge is 0.224 e. The Morgan fingerprint density at radius 1 is 1.23 bits per heavy atom. The molecule has 0 radical (unpaired) electrons. The van der Waals surface area contributed by atoms with Gasteiger partial charge >= 0.3 is 0 Å². The number of nitrogens with zero attached hydrogens (tertiary/aromatic N) is 2. The lowest BCUT2D eigenvalue weighted by Gasteiger charge is -2.05. The van der Waals surface area contributed by atoms with Gasteiger partial charge in [-0.15, -0.1) is 0 Å². The third-order valence-electron chi connectivity index (χ3n) is 3.13. The second-order valence-electron chi connectivity index (χ2n) is 4.90. The molecule has 0 saturated carbocycles. The molecule has 0 fully saturated rings. The van der Waals surface area contributed by atoms with E-state index in [-0.39, 0.29) is 5.91 Å². The van der Waals surface area contributed by atoms with Gasteiger partial charge in [0.25, 0.3) is 0 Å². The summed E-state index contributed by atoms with van der Waals surface area (Å²) in [5.41, 5.74) is 1.88. The quantitative estimate of drug-likeness (QED) is 0.671. The van der Waals surface area contributed by atoms with E-state index in [1.54, 1.807) is 18.0 Å². The highest BCUT2D eigenvalue weighted by molar-refractivity contribution is 5.78. The maximum atomic E-state index is 11.8. The average Bonchev–Trinajstić information content (AvgIpc) is 3.00. The van der Waals surface area contributed by atoms with Crippen molar-refractivity contribution >= 4 is 5.91 Å². The van der Waals surface area contributed by atoms with Gasteiger partial charge in [0.2, 0.25) is 5.91 Å². The molecule has 0 aliphatic rings. The van der Waals surface area contributed by atoms with Gasteiger partial charge in [-0.2, -0.15) is 5.10 Å². The molecule has 0 aliphatic carbocycles. The first-order valence-electron chi connectivity index (χ1n) is 7.35. The van der Waals surface area contributed by atoms with Gasteiger partial charge in [-0.25, -0.2) is 4.68 Å². The van der Waals surface area contributed by atoms with Crippen LogP contribution in [-0.4, -0.2) is 49.0 Å². The second-order valence-corrected chi connectivity index (χ2v) is 4.90. The number of nitrogens with one attached hydrogen (secondary N) is 2. The van der Waals surface area contributed by atoms with Crippen LogP contribution in [0.15, 0.2) is 42.7 Å². The van der Waals surface area contributed by atoms with Gasteiger partial charge in [0, 0.05) is 32.9 Å². The summed E-state index contributed by atoms with van der Waals surface area (Å²) in [7, 11) is 1.67. The van der Waals surface area contributed by atoms with Crippen LogP contribution in [0.5, 0.6) is 0 Å². The van der Waals surface area contributed by atoms with E-state index in [2.05, 4.69) is 15.7 Å². The molecule has 118 valence electrons. The Morgan fingerprint density at radius 2 is 2.05 bits per heavy atom. The maximum absolute atomic E-state index is 11.8. The first-order valence-corrected chi connectivity index (χ1v) is 7.35. The topological polar surface area (TPSA) is 68.2 Å². The second kappa shape index (κ2) is 8.96. The monoisotopic (exact) mass is 302 g/mol. The number of carbonyl (C=O) groups excluding carboxylic acids is 1. The van der Waals surface area contributed by atoms with Crippen LogP contribution in [0.1, 0.15) is 5.56 Å². The minimum Gasteiger partial charge on any atom is -0.383 e. The Bertz CT molecular complexity index is 569. The van der Waals surface area contributed by atoms with Crippen molar-refractivity contribution in [2.24, 2.45) is 0 Å². The number of carbonyl (C=O) groups is 1. The lowest BCUT2D eigenvalue weighted by molar-refractivity contribution is -0.120. The fraction of sp³-hybridized carbons (Fsp3) is 0.375. The summed E-state index contributed by atoms with van der Waals surface area (Å²) >= 11 is 0. The molecule has 1 aromatic carbocycles. The van der Waals surface area contributed by atoms with E-state index in [1.807, 2.05) is 36.5 Å². The molecular weight excluding hydrogens is 280 g/mol. The minimum atomic E-state index is 0.00107. The predicted octanol–water partition coefficient (Wildman–Crippen LogP) is 0.767. The van der Waals surface area contributed by atoms with Crippen LogP contribution in [-0.2, 0) is 16.0 Å². The van der Waals surface area contributed by atoms with Crippen molar-refractivity contribution in [3.63, 3.8) is 0 Å². The van der Waals surface area contributed by atoms with Crippen LogP contribution in [0.2, 0.25) is 0 Å². The maximum Gasteiger partial charge on any atom is 0.224 e. The zero-order chi connectivity index (χ0) is 15.6. The van der Waals surface area contributed by atoms with Gasteiger partial charge < -0.3 is 15.4 Å². The van der Waals surface area contributed by atoms with Gasteiger partial charge in [-0.05, 0) is 17.7 Å². The highest BCUT2D eigenvalue weighted by Gasteiger charge is 2.06.